The van der Waals surface area contributed by atoms with Gasteiger partial charge in [-0.05, 0) is 26.2 Å². The summed E-state index contributed by atoms with van der Waals surface area (Å²) in [6.45, 7) is 8.04. The standard InChI is InChI=1S/C16H27NO3/c1-11(2)6-16(9-18,10-19)7-14-13(4)15(20-5)12(3)8-17-14/h8,11,18-19H,6-7,9-10H2,1-5H3. The smallest absolute Gasteiger partial charge is 0.128 e. The number of methoxy groups -OCH3 is 1. The molecule has 0 aliphatic rings. The molecule has 2 N–H and O–H groups in total. The second kappa shape index (κ2) is 7.04. The largest absolute Gasteiger partial charge is 0.496 e. The van der Waals surface area contributed by atoms with Gasteiger partial charge in [0.25, 0.3) is 0 Å². The minimum atomic E-state index is -0.522. The summed E-state index contributed by atoms with van der Waals surface area (Å²) < 4.78 is 5.41. The topological polar surface area (TPSA) is 62.6 Å². The summed E-state index contributed by atoms with van der Waals surface area (Å²) in [7, 11) is 1.65. The molecule has 1 heterocycles. The maximum Gasteiger partial charge on any atom is 0.128 e. The highest BCUT2D eigenvalue weighted by Gasteiger charge is 2.31. The summed E-state index contributed by atoms with van der Waals surface area (Å²) >= 11 is 0. The van der Waals surface area contributed by atoms with Crippen LogP contribution in [0.2, 0.25) is 0 Å². The number of aliphatic hydroxyl groups excluding tert-OH is 2. The molecule has 0 saturated carbocycles. The molecule has 0 radical (unpaired) electrons. The summed E-state index contributed by atoms with van der Waals surface area (Å²) in [5, 5.41) is 19.5. The van der Waals surface area contributed by atoms with Crippen molar-refractivity contribution >= 4 is 0 Å². The van der Waals surface area contributed by atoms with Gasteiger partial charge in [0.05, 0.1) is 20.3 Å². The summed E-state index contributed by atoms with van der Waals surface area (Å²) in [6.07, 6.45) is 3.11. The number of aromatic nitrogens is 1. The van der Waals surface area contributed by atoms with Gasteiger partial charge in [0.1, 0.15) is 5.75 Å². The average Bonchev–Trinajstić information content (AvgIpc) is 2.41. The van der Waals surface area contributed by atoms with Gasteiger partial charge in [-0.3, -0.25) is 4.98 Å². The fourth-order valence-corrected chi connectivity index (χ4v) is 2.83. The molecular weight excluding hydrogens is 254 g/mol. The Morgan fingerprint density at radius 1 is 1.25 bits per heavy atom. The van der Waals surface area contributed by atoms with E-state index in [1.54, 1.807) is 13.3 Å². The molecule has 0 fully saturated rings. The third kappa shape index (κ3) is 3.70. The van der Waals surface area contributed by atoms with Crippen molar-refractivity contribution in [1.29, 1.82) is 0 Å². The van der Waals surface area contributed by atoms with Gasteiger partial charge >= 0.3 is 0 Å². The normalized spacial score (nSPS) is 12.0. The lowest BCUT2D eigenvalue weighted by molar-refractivity contribution is 0.0360. The van der Waals surface area contributed by atoms with Gasteiger partial charge in [0, 0.05) is 34.9 Å². The number of nitrogens with zero attached hydrogens (tertiary/aromatic N) is 1. The zero-order valence-corrected chi connectivity index (χ0v) is 13.2. The molecule has 1 aromatic heterocycles. The molecule has 0 spiro atoms. The Morgan fingerprint density at radius 2 is 1.85 bits per heavy atom. The van der Waals surface area contributed by atoms with Crippen molar-refractivity contribution in [2.45, 2.75) is 40.5 Å². The lowest BCUT2D eigenvalue weighted by Gasteiger charge is -2.32. The van der Waals surface area contributed by atoms with Crippen LogP contribution in [0.3, 0.4) is 0 Å². The van der Waals surface area contributed by atoms with E-state index in [1.807, 2.05) is 13.8 Å². The molecule has 0 aromatic carbocycles. The highest BCUT2D eigenvalue weighted by molar-refractivity contribution is 5.41. The van der Waals surface area contributed by atoms with E-state index in [-0.39, 0.29) is 13.2 Å². The lowest BCUT2D eigenvalue weighted by Crippen LogP contribution is -2.34. The Bertz CT molecular complexity index is 440. The molecule has 0 amide bonds. The Labute approximate surface area is 121 Å². The van der Waals surface area contributed by atoms with Crippen molar-refractivity contribution in [3.8, 4) is 5.75 Å². The molecule has 0 atom stereocenters. The SMILES string of the molecule is COc1c(C)cnc(CC(CO)(CO)CC(C)C)c1C. The Kier molecular flexibility index (Phi) is 5.96. The Balaban J connectivity index is 3.12. The van der Waals surface area contributed by atoms with Crippen LogP contribution in [-0.4, -0.2) is 35.5 Å². The minimum absolute atomic E-state index is 0.0427. The van der Waals surface area contributed by atoms with Crippen molar-refractivity contribution in [3.05, 3.63) is 23.0 Å². The van der Waals surface area contributed by atoms with E-state index in [9.17, 15) is 10.2 Å². The molecule has 0 bridgehead atoms. The molecule has 4 heteroatoms. The highest BCUT2D eigenvalue weighted by atomic mass is 16.5. The van der Waals surface area contributed by atoms with Crippen molar-refractivity contribution in [1.82, 2.24) is 4.98 Å². The number of aryl methyl sites for hydroxylation is 1. The van der Waals surface area contributed by atoms with E-state index < -0.39 is 5.41 Å². The van der Waals surface area contributed by atoms with Crippen molar-refractivity contribution < 1.29 is 14.9 Å². The van der Waals surface area contributed by atoms with Gasteiger partial charge in [-0.15, -0.1) is 0 Å². The number of aliphatic hydroxyl groups is 2. The molecular formula is C16H27NO3. The zero-order valence-electron chi connectivity index (χ0n) is 13.2. The summed E-state index contributed by atoms with van der Waals surface area (Å²) in [5.74, 6) is 1.24. The molecule has 4 nitrogen and oxygen atoms in total. The van der Waals surface area contributed by atoms with Crippen molar-refractivity contribution in [2.24, 2.45) is 11.3 Å². The van der Waals surface area contributed by atoms with Gasteiger partial charge in [-0.1, -0.05) is 13.8 Å². The average molecular weight is 281 g/mol. The first-order valence-electron chi connectivity index (χ1n) is 7.10. The lowest BCUT2D eigenvalue weighted by atomic mass is 9.77. The zero-order chi connectivity index (χ0) is 15.3. The second-order valence-corrected chi connectivity index (χ2v) is 6.14. The molecule has 0 unspecified atom stereocenters. The number of hydrogen-bond donors (Lipinski definition) is 2. The molecule has 0 aliphatic carbocycles. The van der Waals surface area contributed by atoms with E-state index in [2.05, 4.69) is 18.8 Å². The monoisotopic (exact) mass is 281 g/mol. The van der Waals surface area contributed by atoms with Gasteiger partial charge in [-0.2, -0.15) is 0 Å². The van der Waals surface area contributed by atoms with Crippen LogP contribution in [0.4, 0.5) is 0 Å². The fourth-order valence-electron chi connectivity index (χ4n) is 2.83. The van der Waals surface area contributed by atoms with E-state index in [1.165, 1.54) is 0 Å². The predicted molar refractivity (Wildman–Crippen MR) is 80.0 cm³/mol. The first-order valence-corrected chi connectivity index (χ1v) is 7.10. The van der Waals surface area contributed by atoms with Gasteiger partial charge in [-0.25, -0.2) is 0 Å². The van der Waals surface area contributed by atoms with Gasteiger partial charge < -0.3 is 14.9 Å². The first-order chi connectivity index (χ1) is 9.39. The van der Waals surface area contributed by atoms with E-state index in [0.29, 0.717) is 12.3 Å². The first kappa shape index (κ1) is 16.9. The molecule has 0 saturated heterocycles. The van der Waals surface area contributed by atoms with Crippen molar-refractivity contribution in [2.75, 3.05) is 20.3 Å². The van der Waals surface area contributed by atoms with Crippen LogP contribution >= 0.6 is 0 Å². The molecule has 114 valence electrons. The molecule has 1 aromatic rings. The summed E-state index contributed by atoms with van der Waals surface area (Å²) in [4.78, 5) is 4.47. The number of hydrogen-bond acceptors (Lipinski definition) is 4. The highest BCUT2D eigenvalue weighted by Crippen LogP contribution is 2.33. The quantitative estimate of drug-likeness (QED) is 0.805. The van der Waals surface area contributed by atoms with Crippen LogP contribution < -0.4 is 4.74 Å². The van der Waals surface area contributed by atoms with E-state index in [0.717, 1.165) is 29.0 Å². The predicted octanol–water partition coefficient (Wildman–Crippen LogP) is 2.27. The van der Waals surface area contributed by atoms with Gasteiger partial charge in [0.15, 0.2) is 0 Å². The second-order valence-electron chi connectivity index (χ2n) is 6.14. The van der Waals surface area contributed by atoms with Crippen molar-refractivity contribution in [3.63, 3.8) is 0 Å². The maximum atomic E-state index is 9.74. The minimum Gasteiger partial charge on any atom is -0.496 e. The third-order valence-electron chi connectivity index (χ3n) is 3.80. The molecule has 20 heavy (non-hydrogen) atoms. The van der Waals surface area contributed by atoms with Crippen LogP contribution in [0.5, 0.6) is 5.75 Å². The van der Waals surface area contributed by atoms with Crippen LogP contribution in [-0.2, 0) is 6.42 Å². The molecule has 0 aliphatic heterocycles. The number of pyridine rings is 1. The van der Waals surface area contributed by atoms with E-state index >= 15 is 0 Å². The summed E-state index contributed by atoms with van der Waals surface area (Å²) in [5.41, 5.74) is 2.35. The molecule has 1 rings (SSSR count). The third-order valence-corrected chi connectivity index (χ3v) is 3.80. The van der Waals surface area contributed by atoms with Crippen LogP contribution in [0.1, 0.15) is 37.1 Å². The van der Waals surface area contributed by atoms with Crippen LogP contribution in [0.15, 0.2) is 6.20 Å². The Morgan fingerprint density at radius 3 is 2.30 bits per heavy atom. The van der Waals surface area contributed by atoms with E-state index in [4.69, 9.17) is 4.74 Å². The number of ether oxygens (including phenoxy) is 1. The maximum absolute atomic E-state index is 9.74. The Hall–Kier alpha value is -1.13. The summed E-state index contributed by atoms with van der Waals surface area (Å²) in [6, 6.07) is 0. The van der Waals surface area contributed by atoms with Gasteiger partial charge in [0.2, 0.25) is 0 Å². The van der Waals surface area contributed by atoms with Crippen LogP contribution in [0, 0.1) is 25.2 Å². The van der Waals surface area contributed by atoms with Crippen LogP contribution in [0.25, 0.3) is 0 Å². The fraction of sp³-hybridized carbons (Fsp3) is 0.688. The number of rotatable bonds is 7.